The number of rotatable bonds is 8. The van der Waals surface area contributed by atoms with Crippen LogP contribution in [-0.4, -0.2) is 42.1 Å². The van der Waals surface area contributed by atoms with E-state index in [1.54, 1.807) is 0 Å². The van der Waals surface area contributed by atoms with E-state index in [2.05, 4.69) is 30.9 Å². The third-order valence-corrected chi connectivity index (χ3v) is 5.01. The van der Waals surface area contributed by atoms with Gasteiger partial charge in [-0.2, -0.15) is 13.2 Å². The molecule has 0 spiro atoms. The lowest BCUT2D eigenvalue weighted by Crippen LogP contribution is -2.39. The van der Waals surface area contributed by atoms with Crippen LogP contribution in [0.25, 0.3) is 10.9 Å². The summed E-state index contributed by atoms with van der Waals surface area (Å²) in [5.74, 6) is 1.40. The van der Waals surface area contributed by atoms with Crippen molar-refractivity contribution in [3.8, 4) is 0 Å². The van der Waals surface area contributed by atoms with Crippen LogP contribution in [0.15, 0.2) is 46.8 Å². The average Bonchev–Trinajstić information content (AvgIpc) is 3.20. The Morgan fingerprint density at radius 3 is 2.67 bits per heavy atom. The molecule has 1 aromatic carbocycles. The molecule has 0 amide bonds. The third kappa shape index (κ3) is 6.31. The van der Waals surface area contributed by atoms with Crippen LogP contribution >= 0.6 is 11.3 Å². The molecule has 0 aliphatic heterocycles. The van der Waals surface area contributed by atoms with Gasteiger partial charge in [0.05, 0.1) is 10.5 Å². The first-order valence-corrected chi connectivity index (χ1v) is 10.5. The van der Waals surface area contributed by atoms with Crippen LogP contribution in [-0.2, 0) is 12.6 Å². The molecule has 160 valence electrons. The van der Waals surface area contributed by atoms with Gasteiger partial charge in [0, 0.05) is 43.4 Å². The summed E-state index contributed by atoms with van der Waals surface area (Å²) in [6, 6.07) is 11.9. The SMILES string of the molecule is CCNC(=NCCc1nc(C(F)(F)F)cs1)NCCNc1ccc2ccccc2n1. The number of benzene rings is 1. The number of thiazole rings is 1. The molecule has 0 aliphatic carbocycles. The number of hydrogen-bond acceptors (Lipinski definition) is 5. The van der Waals surface area contributed by atoms with Crippen molar-refractivity contribution >= 4 is 34.0 Å². The second-order valence-corrected chi connectivity index (χ2v) is 7.32. The van der Waals surface area contributed by atoms with Crippen LogP contribution in [0.4, 0.5) is 19.0 Å². The van der Waals surface area contributed by atoms with Crippen molar-refractivity contribution in [1.82, 2.24) is 20.6 Å². The van der Waals surface area contributed by atoms with Crippen molar-refractivity contribution in [2.75, 3.05) is 31.5 Å². The minimum atomic E-state index is -4.40. The monoisotopic (exact) mass is 436 g/mol. The quantitative estimate of drug-likeness (QED) is 0.284. The standard InChI is InChI=1S/C20H23F3N6S/c1-2-24-19(26-10-9-18-29-16(13-30-18)20(21,22)23)27-12-11-25-17-8-7-14-5-3-4-6-15(14)28-17/h3-8,13H,2,9-12H2,1H3,(H,25,28)(H2,24,26,27). The molecule has 0 unspecified atom stereocenters. The second kappa shape index (κ2) is 10.2. The van der Waals surface area contributed by atoms with Crippen LogP contribution < -0.4 is 16.0 Å². The molecule has 0 saturated carbocycles. The maximum atomic E-state index is 12.6. The Labute approximate surface area is 176 Å². The van der Waals surface area contributed by atoms with Gasteiger partial charge < -0.3 is 16.0 Å². The first-order chi connectivity index (χ1) is 14.5. The predicted molar refractivity (Wildman–Crippen MR) is 115 cm³/mol. The summed E-state index contributed by atoms with van der Waals surface area (Å²) in [6.07, 6.45) is -4.04. The molecule has 0 aliphatic rings. The molecule has 10 heteroatoms. The summed E-state index contributed by atoms with van der Waals surface area (Å²) < 4.78 is 37.8. The molecule has 30 heavy (non-hydrogen) atoms. The summed E-state index contributed by atoms with van der Waals surface area (Å²) in [6.45, 7) is 4.22. The molecule has 2 aromatic heterocycles. The van der Waals surface area contributed by atoms with Crippen molar-refractivity contribution in [3.63, 3.8) is 0 Å². The highest BCUT2D eigenvalue weighted by atomic mass is 32.1. The predicted octanol–water partition coefficient (Wildman–Crippen LogP) is 3.92. The van der Waals surface area contributed by atoms with E-state index in [0.29, 0.717) is 43.6 Å². The zero-order chi connectivity index (χ0) is 21.4. The minimum Gasteiger partial charge on any atom is -0.368 e. The Morgan fingerprint density at radius 2 is 1.90 bits per heavy atom. The maximum absolute atomic E-state index is 12.6. The van der Waals surface area contributed by atoms with Crippen LogP contribution in [0, 0.1) is 0 Å². The fraction of sp³-hybridized carbons (Fsp3) is 0.350. The van der Waals surface area contributed by atoms with E-state index in [-0.39, 0.29) is 0 Å². The molecule has 0 bridgehead atoms. The fourth-order valence-electron chi connectivity index (χ4n) is 2.70. The second-order valence-electron chi connectivity index (χ2n) is 6.38. The van der Waals surface area contributed by atoms with Crippen molar-refractivity contribution < 1.29 is 13.2 Å². The number of anilines is 1. The third-order valence-electron chi connectivity index (χ3n) is 4.10. The minimum absolute atomic E-state index is 0.347. The van der Waals surface area contributed by atoms with Crippen LogP contribution in [0.2, 0.25) is 0 Å². The van der Waals surface area contributed by atoms with E-state index >= 15 is 0 Å². The zero-order valence-corrected chi connectivity index (χ0v) is 17.3. The van der Waals surface area contributed by atoms with Gasteiger partial charge in [-0.05, 0) is 25.1 Å². The molecule has 0 saturated heterocycles. The Bertz CT molecular complexity index is 986. The van der Waals surface area contributed by atoms with Crippen molar-refractivity contribution in [3.05, 3.63) is 52.5 Å². The van der Waals surface area contributed by atoms with E-state index in [1.165, 1.54) is 0 Å². The van der Waals surface area contributed by atoms with E-state index in [9.17, 15) is 13.2 Å². The Hall–Kier alpha value is -2.88. The number of guanidine groups is 1. The molecular weight excluding hydrogens is 413 g/mol. The maximum Gasteiger partial charge on any atom is 0.434 e. The lowest BCUT2D eigenvalue weighted by molar-refractivity contribution is -0.140. The molecule has 0 fully saturated rings. The summed E-state index contributed by atoms with van der Waals surface area (Å²) in [5.41, 5.74) is 0.0890. The van der Waals surface area contributed by atoms with Gasteiger partial charge in [0.15, 0.2) is 11.7 Å². The number of aromatic nitrogens is 2. The summed E-state index contributed by atoms with van der Waals surface area (Å²) >= 11 is 1.00. The number of aliphatic imine (C=N–C) groups is 1. The smallest absolute Gasteiger partial charge is 0.368 e. The lowest BCUT2D eigenvalue weighted by atomic mass is 10.2. The van der Waals surface area contributed by atoms with Gasteiger partial charge in [-0.15, -0.1) is 11.3 Å². The highest BCUT2D eigenvalue weighted by Gasteiger charge is 2.33. The van der Waals surface area contributed by atoms with E-state index in [1.807, 2.05) is 43.3 Å². The number of halogens is 3. The van der Waals surface area contributed by atoms with Gasteiger partial charge >= 0.3 is 6.18 Å². The van der Waals surface area contributed by atoms with E-state index in [4.69, 9.17) is 0 Å². The molecular formula is C20H23F3N6S. The largest absolute Gasteiger partial charge is 0.434 e. The highest BCUT2D eigenvalue weighted by Crippen LogP contribution is 2.30. The highest BCUT2D eigenvalue weighted by molar-refractivity contribution is 7.09. The van der Waals surface area contributed by atoms with Crippen LogP contribution in [0.3, 0.4) is 0 Å². The molecule has 3 N–H and O–H groups in total. The number of fused-ring (bicyclic) bond motifs is 1. The number of hydrogen-bond donors (Lipinski definition) is 3. The van der Waals surface area contributed by atoms with Crippen LogP contribution in [0.5, 0.6) is 0 Å². The number of nitrogens with zero attached hydrogens (tertiary/aromatic N) is 3. The zero-order valence-electron chi connectivity index (χ0n) is 16.5. The van der Waals surface area contributed by atoms with Gasteiger partial charge in [0.25, 0.3) is 0 Å². The molecule has 6 nitrogen and oxygen atoms in total. The molecule has 0 atom stereocenters. The first-order valence-electron chi connectivity index (χ1n) is 9.59. The summed E-state index contributed by atoms with van der Waals surface area (Å²) in [5, 5.41) is 12.1. The molecule has 3 rings (SSSR count). The Balaban J connectivity index is 1.45. The van der Waals surface area contributed by atoms with E-state index < -0.39 is 11.9 Å². The normalized spacial score (nSPS) is 12.2. The van der Waals surface area contributed by atoms with Crippen molar-refractivity contribution in [2.24, 2.45) is 4.99 Å². The fourth-order valence-corrected chi connectivity index (χ4v) is 3.49. The number of para-hydroxylation sites is 1. The first kappa shape index (κ1) is 21.8. The average molecular weight is 437 g/mol. The summed E-state index contributed by atoms with van der Waals surface area (Å²) in [7, 11) is 0. The van der Waals surface area contributed by atoms with Crippen molar-refractivity contribution in [1.29, 1.82) is 0 Å². The van der Waals surface area contributed by atoms with Crippen molar-refractivity contribution in [2.45, 2.75) is 19.5 Å². The lowest BCUT2D eigenvalue weighted by Gasteiger charge is -2.12. The van der Waals surface area contributed by atoms with Gasteiger partial charge in [0.1, 0.15) is 5.82 Å². The number of pyridine rings is 1. The molecule has 3 aromatic rings. The Kier molecular flexibility index (Phi) is 7.45. The summed E-state index contributed by atoms with van der Waals surface area (Å²) in [4.78, 5) is 12.6. The Morgan fingerprint density at radius 1 is 1.07 bits per heavy atom. The topological polar surface area (TPSA) is 74.2 Å². The molecule has 0 radical (unpaired) electrons. The van der Waals surface area contributed by atoms with Gasteiger partial charge in [-0.3, -0.25) is 4.99 Å². The van der Waals surface area contributed by atoms with Gasteiger partial charge in [0.2, 0.25) is 0 Å². The van der Waals surface area contributed by atoms with Gasteiger partial charge in [-0.25, -0.2) is 9.97 Å². The van der Waals surface area contributed by atoms with E-state index in [0.717, 1.165) is 33.4 Å². The number of alkyl halides is 3. The van der Waals surface area contributed by atoms with Gasteiger partial charge in [-0.1, -0.05) is 18.2 Å². The number of nitrogens with one attached hydrogen (secondary N) is 3. The van der Waals surface area contributed by atoms with Crippen LogP contribution in [0.1, 0.15) is 17.6 Å². The molecule has 2 heterocycles.